The second kappa shape index (κ2) is 7.38. The van der Waals surface area contributed by atoms with Crippen LogP contribution in [0.5, 0.6) is 0 Å². The van der Waals surface area contributed by atoms with E-state index < -0.39 is 0 Å². The molecule has 0 atom stereocenters. The van der Waals surface area contributed by atoms with Crippen molar-refractivity contribution in [3.05, 3.63) is 65.2 Å². The van der Waals surface area contributed by atoms with Gasteiger partial charge in [-0.25, -0.2) is 4.79 Å². The number of rotatable bonds is 4. The lowest BCUT2D eigenvalue weighted by molar-refractivity contribution is 0.0963. The first-order valence-electron chi connectivity index (χ1n) is 8.52. The number of nitrogens with one attached hydrogen (secondary N) is 1. The number of amides is 3. The van der Waals surface area contributed by atoms with E-state index in [-0.39, 0.29) is 11.9 Å². The van der Waals surface area contributed by atoms with Crippen molar-refractivity contribution in [1.82, 2.24) is 10.2 Å². The second-order valence-electron chi connectivity index (χ2n) is 6.32. The number of benzene rings is 2. The molecule has 1 heterocycles. The van der Waals surface area contributed by atoms with Gasteiger partial charge in [-0.3, -0.25) is 9.69 Å². The SMILES string of the molecule is CNC(=O)c1ccc(N2CCCN(Cc3cccc(C)c3)C2=O)cc1. The van der Waals surface area contributed by atoms with Crippen LogP contribution in [0.1, 0.15) is 27.9 Å². The number of nitrogens with zero attached hydrogens (tertiary/aromatic N) is 2. The summed E-state index contributed by atoms with van der Waals surface area (Å²) in [5.74, 6) is -0.127. The number of anilines is 1. The number of aryl methyl sites for hydroxylation is 1. The van der Waals surface area contributed by atoms with Crippen molar-refractivity contribution >= 4 is 17.6 Å². The van der Waals surface area contributed by atoms with E-state index in [0.29, 0.717) is 18.7 Å². The summed E-state index contributed by atoms with van der Waals surface area (Å²) in [5, 5.41) is 2.60. The number of carbonyl (C=O) groups is 2. The van der Waals surface area contributed by atoms with Crippen molar-refractivity contribution in [3.63, 3.8) is 0 Å². The molecule has 0 radical (unpaired) electrons. The molecule has 1 saturated heterocycles. The molecule has 0 unspecified atom stereocenters. The fraction of sp³-hybridized carbons (Fsp3) is 0.300. The van der Waals surface area contributed by atoms with Crippen LogP contribution in [0.15, 0.2) is 48.5 Å². The first kappa shape index (κ1) is 17.0. The maximum absolute atomic E-state index is 12.9. The first-order valence-corrected chi connectivity index (χ1v) is 8.52. The Bertz CT molecular complexity index is 771. The monoisotopic (exact) mass is 337 g/mol. The third-order valence-electron chi connectivity index (χ3n) is 4.44. The van der Waals surface area contributed by atoms with Crippen molar-refractivity contribution in [2.45, 2.75) is 19.9 Å². The maximum atomic E-state index is 12.9. The fourth-order valence-electron chi connectivity index (χ4n) is 3.14. The van der Waals surface area contributed by atoms with E-state index in [2.05, 4.69) is 30.4 Å². The molecule has 3 amide bonds. The lowest BCUT2D eigenvalue weighted by Gasteiger charge is -2.35. The Balaban J connectivity index is 1.74. The highest BCUT2D eigenvalue weighted by Crippen LogP contribution is 2.22. The topological polar surface area (TPSA) is 52.7 Å². The number of hydrogen-bond acceptors (Lipinski definition) is 2. The third kappa shape index (κ3) is 3.82. The summed E-state index contributed by atoms with van der Waals surface area (Å²) in [6.07, 6.45) is 0.925. The van der Waals surface area contributed by atoms with E-state index in [1.807, 2.05) is 23.1 Å². The average molecular weight is 337 g/mol. The van der Waals surface area contributed by atoms with Gasteiger partial charge in [-0.2, -0.15) is 0 Å². The Morgan fingerprint density at radius 2 is 1.88 bits per heavy atom. The number of carbonyl (C=O) groups excluding carboxylic acids is 2. The molecule has 1 aliphatic rings. The minimum Gasteiger partial charge on any atom is -0.355 e. The predicted molar refractivity (Wildman–Crippen MR) is 98.8 cm³/mol. The van der Waals surface area contributed by atoms with Crippen LogP contribution < -0.4 is 10.2 Å². The fourth-order valence-corrected chi connectivity index (χ4v) is 3.14. The summed E-state index contributed by atoms with van der Waals surface area (Å²) < 4.78 is 0. The summed E-state index contributed by atoms with van der Waals surface area (Å²) >= 11 is 0. The highest BCUT2D eigenvalue weighted by molar-refractivity contribution is 5.96. The second-order valence-corrected chi connectivity index (χ2v) is 6.32. The number of urea groups is 1. The van der Waals surface area contributed by atoms with Crippen LogP contribution in [0.2, 0.25) is 0 Å². The van der Waals surface area contributed by atoms with Gasteiger partial charge in [0.1, 0.15) is 0 Å². The molecule has 0 bridgehead atoms. The molecular formula is C20H23N3O2. The van der Waals surface area contributed by atoms with Gasteiger partial charge in [-0.1, -0.05) is 29.8 Å². The Labute approximate surface area is 148 Å². The molecule has 1 N–H and O–H groups in total. The summed E-state index contributed by atoms with van der Waals surface area (Å²) in [5.41, 5.74) is 3.76. The molecule has 0 spiro atoms. The molecule has 130 valence electrons. The van der Waals surface area contributed by atoms with Gasteiger partial charge < -0.3 is 10.2 Å². The van der Waals surface area contributed by atoms with Crippen LogP contribution in [0.25, 0.3) is 0 Å². The first-order chi connectivity index (χ1) is 12.1. The van der Waals surface area contributed by atoms with Crippen molar-refractivity contribution in [2.24, 2.45) is 0 Å². The minimum atomic E-state index is -0.127. The quantitative estimate of drug-likeness (QED) is 0.931. The standard InChI is InChI=1S/C20H23N3O2/c1-15-5-3-6-16(13-15)14-22-11-4-12-23(20(22)25)18-9-7-17(8-10-18)19(24)21-2/h3,5-10,13H,4,11-12,14H2,1-2H3,(H,21,24). The predicted octanol–water partition coefficient (Wildman–Crippen LogP) is 3.19. The van der Waals surface area contributed by atoms with Crippen LogP contribution in [0, 0.1) is 6.92 Å². The molecule has 0 aliphatic carbocycles. The van der Waals surface area contributed by atoms with Crippen LogP contribution in [-0.2, 0) is 6.54 Å². The molecule has 2 aromatic rings. The molecular weight excluding hydrogens is 314 g/mol. The molecule has 1 aliphatic heterocycles. The van der Waals surface area contributed by atoms with E-state index in [0.717, 1.165) is 24.2 Å². The van der Waals surface area contributed by atoms with E-state index in [1.165, 1.54) is 5.56 Å². The normalized spacial score (nSPS) is 14.6. The highest BCUT2D eigenvalue weighted by atomic mass is 16.2. The lowest BCUT2D eigenvalue weighted by Crippen LogP contribution is -2.49. The van der Waals surface area contributed by atoms with Gasteiger partial charge in [-0.05, 0) is 43.2 Å². The van der Waals surface area contributed by atoms with E-state index >= 15 is 0 Å². The average Bonchev–Trinajstić information content (AvgIpc) is 2.63. The molecule has 5 heteroatoms. The molecule has 25 heavy (non-hydrogen) atoms. The maximum Gasteiger partial charge on any atom is 0.324 e. The van der Waals surface area contributed by atoms with Crippen molar-refractivity contribution in [3.8, 4) is 0 Å². The summed E-state index contributed by atoms with van der Waals surface area (Å²) in [6.45, 7) is 4.14. The van der Waals surface area contributed by atoms with Crippen molar-refractivity contribution in [1.29, 1.82) is 0 Å². The van der Waals surface area contributed by atoms with E-state index in [1.54, 1.807) is 24.1 Å². The summed E-state index contributed by atoms with van der Waals surface area (Å²) in [6, 6.07) is 15.4. The lowest BCUT2D eigenvalue weighted by atomic mass is 10.1. The van der Waals surface area contributed by atoms with Gasteiger partial charge in [-0.15, -0.1) is 0 Å². The smallest absolute Gasteiger partial charge is 0.324 e. The van der Waals surface area contributed by atoms with E-state index in [4.69, 9.17) is 0 Å². The van der Waals surface area contributed by atoms with Gasteiger partial charge in [0.05, 0.1) is 0 Å². The zero-order chi connectivity index (χ0) is 17.8. The van der Waals surface area contributed by atoms with Crippen LogP contribution in [0.3, 0.4) is 0 Å². The number of hydrogen-bond donors (Lipinski definition) is 1. The zero-order valence-electron chi connectivity index (χ0n) is 14.7. The van der Waals surface area contributed by atoms with Gasteiger partial charge >= 0.3 is 6.03 Å². The van der Waals surface area contributed by atoms with Gasteiger partial charge in [0, 0.05) is 37.9 Å². The molecule has 5 nitrogen and oxygen atoms in total. The minimum absolute atomic E-state index is 0.0143. The Morgan fingerprint density at radius 1 is 1.12 bits per heavy atom. The Morgan fingerprint density at radius 3 is 2.56 bits per heavy atom. The zero-order valence-corrected chi connectivity index (χ0v) is 14.7. The van der Waals surface area contributed by atoms with Crippen molar-refractivity contribution in [2.75, 3.05) is 25.0 Å². The molecule has 1 fully saturated rings. The van der Waals surface area contributed by atoms with E-state index in [9.17, 15) is 9.59 Å². The van der Waals surface area contributed by atoms with Crippen LogP contribution >= 0.6 is 0 Å². The molecule has 3 rings (SSSR count). The van der Waals surface area contributed by atoms with Crippen LogP contribution in [-0.4, -0.2) is 37.0 Å². The summed E-state index contributed by atoms with van der Waals surface area (Å²) in [7, 11) is 1.60. The molecule has 2 aromatic carbocycles. The van der Waals surface area contributed by atoms with Gasteiger partial charge in [0.2, 0.25) is 0 Å². The molecule has 0 saturated carbocycles. The molecule has 0 aromatic heterocycles. The highest BCUT2D eigenvalue weighted by Gasteiger charge is 2.26. The van der Waals surface area contributed by atoms with Gasteiger partial charge in [0.25, 0.3) is 5.91 Å². The third-order valence-corrected chi connectivity index (χ3v) is 4.44. The van der Waals surface area contributed by atoms with Crippen LogP contribution in [0.4, 0.5) is 10.5 Å². The Hall–Kier alpha value is -2.82. The largest absolute Gasteiger partial charge is 0.355 e. The summed E-state index contributed by atoms with van der Waals surface area (Å²) in [4.78, 5) is 28.2. The van der Waals surface area contributed by atoms with Gasteiger partial charge in [0.15, 0.2) is 0 Å². The van der Waals surface area contributed by atoms with Crippen molar-refractivity contribution < 1.29 is 9.59 Å². The Kier molecular flexibility index (Phi) is 5.03.